The topological polar surface area (TPSA) is 57.1 Å². The van der Waals surface area contributed by atoms with E-state index in [1.165, 1.54) is 32.1 Å². The summed E-state index contributed by atoms with van der Waals surface area (Å²) in [6.45, 7) is 14.6. The van der Waals surface area contributed by atoms with Crippen LogP contribution < -0.4 is 0 Å². The van der Waals surface area contributed by atoms with Gasteiger partial charge in [0.1, 0.15) is 0 Å². The Morgan fingerprint density at radius 3 is 1.70 bits per heavy atom. The zero-order chi connectivity index (χ0) is 20.7. The largest absolute Gasteiger partial charge is 0.324 e. The van der Waals surface area contributed by atoms with E-state index in [0.29, 0.717) is 13.0 Å². The molecule has 0 rings (SSSR count). The number of aliphatic imine (C=N–C) groups is 1. The molecule has 0 heterocycles. The number of ether oxygens (including phenoxy) is 3. The van der Waals surface area contributed by atoms with Gasteiger partial charge < -0.3 is 14.2 Å². The first-order valence-corrected chi connectivity index (χ1v) is 10.8. The van der Waals surface area contributed by atoms with Gasteiger partial charge in [0.25, 0.3) is 5.97 Å². The zero-order valence-electron chi connectivity index (χ0n) is 18.8. The minimum Gasteiger partial charge on any atom is -0.324 e. The summed E-state index contributed by atoms with van der Waals surface area (Å²) in [5.41, 5.74) is 0. The van der Waals surface area contributed by atoms with Crippen LogP contribution in [0.15, 0.2) is 4.99 Å². The summed E-state index contributed by atoms with van der Waals surface area (Å²) in [5, 5.41) is 0. The van der Waals surface area contributed by atoms with Gasteiger partial charge in [-0.15, -0.1) is 0 Å². The molecule has 0 saturated heterocycles. The highest BCUT2D eigenvalue weighted by Crippen LogP contribution is 2.36. The van der Waals surface area contributed by atoms with E-state index in [0.717, 1.165) is 12.8 Å². The number of rotatable bonds is 17. The Hall–Kier alpha value is -0.740. The summed E-state index contributed by atoms with van der Waals surface area (Å²) >= 11 is 0. The summed E-state index contributed by atoms with van der Waals surface area (Å²) in [5.74, 6) is -1.11. The molecule has 5 heteroatoms. The van der Waals surface area contributed by atoms with Crippen molar-refractivity contribution in [1.29, 1.82) is 0 Å². The second kappa shape index (κ2) is 15.2. The van der Waals surface area contributed by atoms with Crippen LogP contribution in [0.1, 0.15) is 99.8 Å². The zero-order valence-corrected chi connectivity index (χ0v) is 18.8. The third-order valence-corrected chi connectivity index (χ3v) is 4.26. The Bertz CT molecular complexity index is 377. The fraction of sp³-hybridized carbons (Fsp3) is 0.955. The Labute approximate surface area is 167 Å². The standard InChI is InChI=1S/C22H43NO4/c1-8-9-10-11-12-13-14-21(15-16-23-17-24)22(25-18(2)3,26-19(4)5)27-20(6)7/h18-21H,8-16H2,1-7H3. The smallest absolute Gasteiger partial charge is 0.286 e. The average molecular weight is 386 g/mol. The summed E-state index contributed by atoms with van der Waals surface area (Å²) in [4.78, 5) is 14.3. The van der Waals surface area contributed by atoms with E-state index in [1.54, 1.807) is 6.08 Å². The molecule has 0 bridgehead atoms. The molecule has 0 radical (unpaired) electrons. The van der Waals surface area contributed by atoms with Crippen LogP contribution in [0.4, 0.5) is 0 Å². The Morgan fingerprint density at radius 2 is 1.26 bits per heavy atom. The summed E-state index contributed by atoms with van der Waals surface area (Å²) in [6, 6.07) is 0. The highest BCUT2D eigenvalue weighted by molar-refractivity contribution is 5.32. The molecule has 27 heavy (non-hydrogen) atoms. The molecule has 0 aromatic carbocycles. The van der Waals surface area contributed by atoms with Gasteiger partial charge in [-0.2, -0.15) is 0 Å². The first-order valence-electron chi connectivity index (χ1n) is 10.8. The Kier molecular flexibility index (Phi) is 14.8. The lowest BCUT2D eigenvalue weighted by atomic mass is 9.93. The van der Waals surface area contributed by atoms with E-state index in [2.05, 4.69) is 11.9 Å². The molecule has 0 aliphatic carbocycles. The molecule has 0 spiro atoms. The van der Waals surface area contributed by atoms with Gasteiger partial charge in [0.05, 0.1) is 24.9 Å². The predicted octanol–water partition coefficient (Wildman–Crippen LogP) is 6.01. The maximum atomic E-state index is 10.5. The van der Waals surface area contributed by atoms with Crippen LogP contribution >= 0.6 is 0 Å². The summed E-state index contributed by atoms with van der Waals surface area (Å²) < 4.78 is 18.8. The van der Waals surface area contributed by atoms with Gasteiger partial charge in [0.15, 0.2) is 0 Å². The van der Waals surface area contributed by atoms with Crippen LogP contribution in [0.5, 0.6) is 0 Å². The van der Waals surface area contributed by atoms with E-state index in [-0.39, 0.29) is 24.2 Å². The van der Waals surface area contributed by atoms with E-state index in [4.69, 9.17) is 14.2 Å². The molecule has 0 aromatic heterocycles. The average Bonchev–Trinajstić information content (AvgIpc) is 2.54. The maximum Gasteiger partial charge on any atom is 0.286 e. The van der Waals surface area contributed by atoms with Crippen molar-refractivity contribution in [2.24, 2.45) is 10.9 Å². The van der Waals surface area contributed by atoms with Crippen molar-refractivity contribution >= 4 is 6.08 Å². The van der Waals surface area contributed by atoms with Gasteiger partial charge in [0.2, 0.25) is 6.08 Å². The van der Waals surface area contributed by atoms with Crippen molar-refractivity contribution in [3.63, 3.8) is 0 Å². The quantitative estimate of drug-likeness (QED) is 0.133. The van der Waals surface area contributed by atoms with Gasteiger partial charge in [-0.25, -0.2) is 9.79 Å². The van der Waals surface area contributed by atoms with Crippen molar-refractivity contribution in [1.82, 2.24) is 0 Å². The van der Waals surface area contributed by atoms with Gasteiger partial charge in [-0.05, 0) is 54.4 Å². The second-order valence-corrected chi connectivity index (χ2v) is 8.12. The van der Waals surface area contributed by atoms with E-state index < -0.39 is 5.97 Å². The molecule has 0 fully saturated rings. The Balaban J connectivity index is 5.32. The van der Waals surface area contributed by atoms with Gasteiger partial charge in [0, 0.05) is 5.92 Å². The molecular weight excluding hydrogens is 342 g/mol. The van der Waals surface area contributed by atoms with Crippen molar-refractivity contribution < 1.29 is 19.0 Å². The van der Waals surface area contributed by atoms with E-state index in [9.17, 15) is 4.79 Å². The molecule has 160 valence electrons. The molecule has 0 aliphatic rings. The van der Waals surface area contributed by atoms with Crippen LogP contribution in [0, 0.1) is 5.92 Å². The third kappa shape index (κ3) is 12.4. The molecular formula is C22H43NO4. The minimum absolute atomic E-state index is 0.00738. The first kappa shape index (κ1) is 26.3. The van der Waals surface area contributed by atoms with Gasteiger partial charge >= 0.3 is 0 Å². The normalized spacial score (nSPS) is 13.4. The molecule has 0 amide bonds. The number of unbranched alkanes of at least 4 members (excludes halogenated alkanes) is 5. The lowest BCUT2D eigenvalue weighted by molar-refractivity contribution is -0.433. The van der Waals surface area contributed by atoms with E-state index >= 15 is 0 Å². The predicted molar refractivity (Wildman–Crippen MR) is 110 cm³/mol. The van der Waals surface area contributed by atoms with Crippen LogP contribution in [0.2, 0.25) is 0 Å². The number of hydrogen-bond donors (Lipinski definition) is 0. The molecule has 0 aliphatic heterocycles. The second-order valence-electron chi connectivity index (χ2n) is 8.12. The summed E-state index contributed by atoms with van der Waals surface area (Å²) in [7, 11) is 0. The highest BCUT2D eigenvalue weighted by atomic mass is 16.9. The summed E-state index contributed by atoms with van der Waals surface area (Å²) in [6.07, 6.45) is 10.5. The van der Waals surface area contributed by atoms with E-state index in [1.807, 2.05) is 41.5 Å². The number of hydrogen-bond acceptors (Lipinski definition) is 5. The van der Waals surface area contributed by atoms with Crippen LogP contribution in [0.25, 0.3) is 0 Å². The van der Waals surface area contributed by atoms with Gasteiger partial charge in [-0.3, -0.25) is 0 Å². The van der Waals surface area contributed by atoms with Crippen molar-refractivity contribution in [3.8, 4) is 0 Å². The van der Waals surface area contributed by atoms with Crippen molar-refractivity contribution in [2.75, 3.05) is 6.54 Å². The van der Waals surface area contributed by atoms with Crippen LogP contribution in [-0.2, 0) is 19.0 Å². The van der Waals surface area contributed by atoms with Crippen LogP contribution in [-0.4, -0.2) is 36.9 Å². The van der Waals surface area contributed by atoms with Crippen molar-refractivity contribution in [2.45, 2.75) is 124 Å². The molecule has 0 N–H and O–H groups in total. The molecule has 0 saturated carbocycles. The Morgan fingerprint density at radius 1 is 0.778 bits per heavy atom. The number of nitrogens with zero attached hydrogens (tertiary/aromatic N) is 1. The third-order valence-electron chi connectivity index (χ3n) is 4.26. The fourth-order valence-electron chi connectivity index (χ4n) is 3.29. The monoisotopic (exact) mass is 385 g/mol. The molecule has 1 atom stereocenters. The minimum atomic E-state index is -1.11. The first-order chi connectivity index (χ1) is 12.8. The maximum absolute atomic E-state index is 10.5. The SMILES string of the molecule is CCCCCCCCC(CCN=C=O)C(OC(C)C)(OC(C)C)OC(C)C. The number of carbonyl (C=O) groups excluding carboxylic acids is 1. The highest BCUT2D eigenvalue weighted by Gasteiger charge is 2.44. The molecule has 1 unspecified atom stereocenters. The van der Waals surface area contributed by atoms with Gasteiger partial charge in [-0.1, -0.05) is 45.4 Å². The van der Waals surface area contributed by atoms with Crippen molar-refractivity contribution in [3.05, 3.63) is 0 Å². The molecule has 0 aromatic rings. The lowest BCUT2D eigenvalue weighted by Gasteiger charge is -2.43. The number of isocyanates is 1. The lowest BCUT2D eigenvalue weighted by Crippen LogP contribution is -2.51. The molecule has 5 nitrogen and oxygen atoms in total. The van der Waals surface area contributed by atoms with Crippen LogP contribution in [0.3, 0.4) is 0 Å². The fourth-order valence-corrected chi connectivity index (χ4v) is 3.29.